The second kappa shape index (κ2) is 4.57. The Balaban J connectivity index is 3.76. The molecule has 0 aliphatic carbocycles. The highest BCUT2D eigenvalue weighted by Gasteiger charge is 2.26. The fourth-order valence-corrected chi connectivity index (χ4v) is 3.43. The highest BCUT2D eigenvalue weighted by atomic mass is 32.2. The zero-order valence-electron chi connectivity index (χ0n) is 8.57. The Bertz CT molecular complexity index is 642. The number of benzene rings is 1. The van der Waals surface area contributed by atoms with Crippen LogP contribution >= 0.6 is 0 Å². The van der Waals surface area contributed by atoms with E-state index in [-0.39, 0.29) is 12.0 Å². The van der Waals surface area contributed by atoms with Crippen LogP contribution in [-0.4, -0.2) is 25.9 Å². The first-order chi connectivity index (χ1) is 7.68. The molecule has 0 heterocycles. The molecular weight excluding hydrogens is 268 g/mol. The van der Waals surface area contributed by atoms with Crippen LogP contribution in [0.5, 0.6) is 0 Å². The molecule has 8 heteroatoms. The second-order valence-electron chi connectivity index (χ2n) is 3.19. The molecule has 1 aromatic rings. The maximum atomic E-state index is 11.1. The van der Waals surface area contributed by atoms with Crippen molar-refractivity contribution in [1.82, 2.24) is 0 Å². The van der Waals surface area contributed by atoms with Gasteiger partial charge in [0.1, 0.15) is 9.79 Å². The van der Waals surface area contributed by atoms with E-state index < -0.39 is 30.0 Å². The van der Waals surface area contributed by atoms with Crippen molar-refractivity contribution in [3.63, 3.8) is 0 Å². The highest BCUT2D eigenvalue weighted by Crippen LogP contribution is 2.25. The van der Waals surface area contributed by atoms with Gasteiger partial charge in [-0.05, 0) is 18.1 Å². The summed E-state index contributed by atoms with van der Waals surface area (Å²) in [5.41, 5.74) is 0.0395. The lowest BCUT2D eigenvalue weighted by Crippen LogP contribution is -2.11. The van der Waals surface area contributed by atoms with Gasteiger partial charge < -0.3 is 0 Å². The fraction of sp³-hybridized carbons (Fsp3) is 0.111. The van der Waals surface area contributed by atoms with Gasteiger partial charge in [-0.1, -0.05) is 18.2 Å². The molecule has 0 spiro atoms. The fourth-order valence-electron chi connectivity index (χ4n) is 1.37. The van der Waals surface area contributed by atoms with E-state index >= 15 is 0 Å². The summed E-state index contributed by atoms with van der Waals surface area (Å²) in [6.07, 6.45) is 1.39. The van der Waals surface area contributed by atoms with Crippen LogP contribution in [0.15, 0.2) is 40.6 Å². The van der Waals surface area contributed by atoms with E-state index in [4.69, 9.17) is 9.11 Å². The Hall–Kier alpha value is -1.22. The average Bonchev–Trinajstić information content (AvgIpc) is 2.14. The highest BCUT2D eigenvalue weighted by molar-refractivity contribution is 7.89. The molecule has 0 unspecified atom stereocenters. The maximum Gasteiger partial charge on any atom is 0.296 e. The molecule has 1 aromatic carbocycles. The van der Waals surface area contributed by atoms with E-state index in [1.54, 1.807) is 0 Å². The lowest BCUT2D eigenvalue weighted by atomic mass is 10.1. The molecule has 0 atom stereocenters. The van der Waals surface area contributed by atoms with Crippen LogP contribution in [0.2, 0.25) is 0 Å². The third-order valence-corrected chi connectivity index (χ3v) is 3.98. The number of hydrogen-bond acceptors (Lipinski definition) is 4. The van der Waals surface area contributed by atoms with Crippen molar-refractivity contribution in [3.8, 4) is 0 Å². The SMILES string of the molecule is C=CCc1cccc(S(=O)(=O)O)c1S(=O)(=O)O. The van der Waals surface area contributed by atoms with E-state index in [1.165, 1.54) is 18.2 Å². The summed E-state index contributed by atoms with van der Waals surface area (Å²) in [4.78, 5) is -1.67. The summed E-state index contributed by atoms with van der Waals surface area (Å²) in [5.74, 6) is 0. The topological polar surface area (TPSA) is 109 Å². The minimum absolute atomic E-state index is 0.0395. The average molecular weight is 278 g/mol. The predicted molar refractivity (Wildman–Crippen MR) is 60.0 cm³/mol. The Morgan fingerprint density at radius 3 is 2.12 bits per heavy atom. The van der Waals surface area contributed by atoms with E-state index in [0.717, 1.165) is 6.07 Å². The summed E-state index contributed by atoms with van der Waals surface area (Å²) in [7, 11) is -9.49. The first-order valence-corrected chi connectivity index (χ1v) is 7.23. The molecule has 0 amide bonds. The van der Waals surface area contributed by atoms with Gasteiger partial charge in [0, 0.05) is 0 Å². The first-order valence-electron chi connectivity index (χ1n) is 4.35. The smallest absolute Gasteiger partial charge is 0.282 e. The van der Waals surface area contributed by atoms with E-state index in [9.17, 15) is 16.8 Å². The van der Waals surface area contributed by atoms with Crippen molar-refractivity contribution in [3.05, 3.63) is 36.4 Å². The number of rotatable bonds is 4. The minimum Gasteiger partial charge on any atom is -0.282 e. The number of allylic oxidation sites excluding steroid dienone is 1. The molecule has 94 valence electrons. The van der Waals surface area contributed by atoms with Gasteiger partial charge >= 0.3 is 0 Å². The van der Waals surface area contributed by atoms with Crippen LogP contribution in [0.25, 0.3) is 0 Å². The van der Waals surface area contributed by atoms with Gasteiger partial charge in [0.05, 0.1) is 0 Å². The van der Waals surface area contributed by atoms with Gasteiger partial charge in [0.25, 0.3) is 20.2 Å². The molecule has 0 bridgehead atoms. The molecule has 6 nitrogen and oxygen atoms in total. The van der Waals surface area contributed by atoms with Crippen LogP contribution in [-0.2, 0) is 26.7 Å². The maximum absolute atomic E-state index is 11.1. The molecule has 0 aromatic heterocycles. The zero-order chi connectivity index (χ0) is 13.3. The van der Waals surface area contributed by atoms with Crippen molar-refractivity contribution in [1.29, 1.82) is 0 Å². The molecule has 0 aliphatic heterocycles. The Labute approximate surface area is 99.1 Å². The lowest BCUT2D eigenvalue weighted by molar-refractivity contribution is 0.465. The Morgan fingerprint density at radius 2 is 1.71 bits per heavy atom. The second-order valence-corrected chi connectivity index (χ2v) is 5.94. The molecule has 2 N–H and O–H groups in total. The first kappa shape index (κ1) is 13.8. The van der Waals surface area contributed by atoms with Crippen LogP contribution in [0, 0.1) is 0 Å². The van der Waals surface area contributed by atoms with Crippen LogP contribution in [0.3, 0.4) is 0 Å². The van der Waals surface area contributed by atoms with Crippen molar-refractivity contribution in [2.75, 3.05) is 0 Å². The summed E-state index contributed by atoms with van der Waals surface area (Å²) in [5, 5.41) is 0. The van der Waals surface area contributed by atoms with Gasteiger partial charge in [-0.2, -0.15) is 16.8 Å². The summed E-state index contributed by atoms with van der Waals surface area (Å²) >= 11 is 0. The van der Waals surface area contributed by atoms with E-state index in [2.05, 4.69) is 6.58 Å². The molecule has 1 rings (SSSR count). The van der Waals surface area contributed by atoms with Crippen molar-refractivity contribution in [2.45, 2.75) is 16.2 Å². The third kappa shape index (κ3) is 3.13. The van der Waals surface area contributed by atoms with Crippen LogP contribution in [0.1, 0.15) is 5.56 Å². The zero-order valence-corrected chi connectivity index (χ0v) is 10.2. The standard InChI is InChI=1S/C9H10O6S2/c1-2-4-7-5-3-6-8(16(10,11)12)9(7)17(13,14)15/h2-3,5-6H,1,4H2,(H,10,11,12)(H,13,14,15). The van der Waals surface area contributed by atoms with Gasteiger partial charge in [-0.25, -0.2) is 0 Å². The van der Waals surface area contributed by atoms with Crippen LogP contribution < -0.4 is 0 Å². The van der Waals surface area contributed by atoms with Crippen molar-refractivity contribution < 1.29 is 25.9 Å². The largest absolute Gasteiger partial charge is 0.296 e. The van der Waals surface area contributed by atoms with Crippen molar-refractivity contribution >= 4 is 20.2 Å². The van der Waals surface area contributed by atoms with E-state index in [1.807, 2.05) is 0 Å². The molecule has 0 saturated carbocycles. The minimum atomic E-state index is -4.76. The molecule has 0 aliphatic rings. The van der Waals surface area contributed by atoms with Gasteiger partial charge in [-0.15, -0.1) is 6.58 Å². The summed E-state index contributed by atoms with van der Waals surface area (Å²) in [6, 6.07) is 3.47. The van der Waals surface area contributed by atoms with Crippen LogP contribution in [0.4, 0.5) is 0 Å². The van der Waals surface area contributed by atoms with Gasteiger partial charge in [0.2, 0.25) is 0 Å². The van der Waals surface area contributed by atoms with Gasteiger partial charge in [-0.3, -0.25) is 9.11 Å². The quantitative estimate of drug-likeness (QED) is 0.626. The Morgan fingerprint density at radius 1 is 1.12 bits per heavy atom. The summed E-state index contributed by atoms with van der Waals surface area (Å²) < 4.78 is 62.2. The normalized spacial score (nSPS) is 12.4. The Kier molecular flexibility index (Phi) is 3.72. The monoisotopic (exact) mass is 278 g/mol. The predicted octanol–water partition coefficient (Wildman–Crippen LogP) is 0.909. The van der Waals surface area contributed by atoms with Gasteiger partial charge in [0.15, 0.2) is 0 Å². The molecule has 17 heavy (non-hydrogen) atoms. The van der Waals surface area contributed by atoms with Crippen molar-refractivity contribution in [2.24, 2.45) is 0 Å². The van der Waals surface area contributed by atoms with E-state index in [0.29, 0.717) is 0 Å². The number of hydrogen-bond donors (Lipinski definition) is 2. The molecule has 0 saturated heterocycles. The lowest BCUT2D eigenvalue weighted by Gasteiger charge is -2.08. The molecular formula is C9H10O6S2. The summed E-state index contributed by atoms with van der Waals surface area (Å²) in [6.45, 7) is 3.38. The molecule has 0 radical (unpaired) electrons. The molecule has 0 fully saturated rings. The third-order valence-electron chi connectivity index (χ3n) is 1.96.